The fourth-order valence-electron chi connectivity index (χ4n) is 1.05. The summed E-state index contributed by atoms with van der Waals surface area (Å²) in [5.41, 5.74) is 0.821. The van der Waals surface area contributed by atoms with Crippen molar-refractivity contribution in [2.75, 3.05) is 12.4 Å². The number of carbonyl (C=O) groups is 1. The standard InChI is InChI=1S/C10H16N2O2/c1-7(2)10(13)14-9-6-12(4)5-8(9)11-3/h5-7,11H,1-4H3. The van der Waals surface area contributed by atoms with Crippen LogP contribution in [0.2, 0.25) is 0 Å². The van der Waals surface area contributed by atoms with Gasteiger partial charge in [0.1, 0.15) is 0 Å². The smallest absolute Gasteiger partial charge is 0.313 e. The zero-order valence-electron chi connectivity index (χ0n) is 9.00. The lowest BCUT2D eigenvalue weighted by atomic mass is 10.2. The van der Waals surface area contributed by atoms with Crippen LogP contribution in [-0.2, 0) is 11.8 Å². The van der Waals surface area contributed by atoms with Gasteiger partial charge in [-0.3, -0.25) is 4.79 Å². The predicted octanol–water partition coefficient (Wildman–Crippen LogP) is 1.63. The van der Waals surface area contributed by atoms with E-state index in [1.165, 1.54) is 0 Å². The Kier molecular flexibility index (Phi) is 3.17. The maximum atomic E-state index is 11.3. The average Bonchev–Trinajstić information content (AvgIpc) is 2.45. The molecule has 0 saturated carbocycles. The zero-order valence-corrected chi connectivity index (χ0v) is 9.00. The van der Waals surface area contributed by atoms with Crippen LogP contribution in [0, 0.1) is 5.92 Å². The Morgan fingerprint density at radius 3 is 2.64 bits per heavy atom. The Morgan fingerprint density at radius 1 is 1.50 bits per heavy atom. The third-order valence-corrected chi connectivity index (χ3v) is 1.87. The van der Waals surface area contributed by atoms with Crippen LogP contribution < -0.4 is 10.1 Å². The quantitative estimate of drug-likeness (QED) is 0.747. The minimum Gasteiger partial charge on any atom is -0.422 e. The number of carbonyl (C=O) groups excluding carboxylic acids is 1. The van der Waals surface area contributed by atoms with Crippen molar-refractivity contribution < 1.29 is 9.53 Å². The molecule has 1 aromatic heterocycles. The molecular formula is C10H16N2O2. The van der Waals surface area contributed by atoms with E-state index in [0.717, 1.165) is 5.69 Å². The summed E-state index contributed by atoms with van der Waals surface area (Å²) < 4.78 is 7.04. The fraction of sp³-hybridized carbons (Fsp3) is 0.500. The van der Waals surface area contributed by atoms with Crippen molar-refractivity contribution in [3.63, 3.8) is 0 Å². The summed E-state index contributed by atoms with van der Waals surface area (Å²) in [5.74, 6) is 0.251. The maximum absolute atomic E-state index is 11.3. The molecule has 0 aliphatic carbocycles. The first-order valence-corrected chi connectivity index (χ1v) is 4.60. The number of hydrogen-bond donors (Lipinski definition) is 1. The van der Waals surface area contributed by atoms with Gasteiger partial charge in [-0.15, -0.1) is 0 Å². The number of esters is 1. The van der Waals surface area contributed by atoms with Gasteiger partial charge in [0.15, 0.2) is 5.75 Å². The first kappa shape index (κ1) is 10.6. The van der Waals surface area contributed by atoms with Crippen LogP contribution >= 0.6 is 0 Å². The molecule has 78 valence electrons. The van der Waals surface area contributed by atoms with Crippen LogP contribution in [0.25, 0.3) is 0 Å². The van der Waals surface area contributed by atoms with Crippen LogP contribution in [0.15, 0.2) is 12.4 Å². The minimum atomic E-state index is -0.215. The Balaban J connectivity index is 2.80. The van der Waals surface area contributed by atoms with Crippen molar-refractivity contribution in [2.24, 2.45) is 13.0 Å². The van der Waals surface area contributed by atoms with Crippen molar-refractivity contribution in [3.8, 4) is 5.75 Å². The van der Waals surface area contributed by atoms with Crippen LogP contribution in [-0.4, -0.2) is 17.6 Å². The van der Waals surface area contributed by atoms with E-state index in [-0.39, 0.29) is 11.9 Å². The predicted molar refractivity (Wildman–Crippen MR) is 55.4 cm³/mol. The van der Waals surface area contributed by atoms with Gasteiger partial charge in [0.05, 0.1) is 11.6 Å². The average molecular weight is 196 g/mol. The number of ether oxygens (including phenoxy) is 1. The lowest BCUT2D eigenvalue weighted by molar-refractivity contribution is -0.137. The van der Waals surface area contributed by atoms with Crippen molar-refractivity contribution in [1.82, 2.24) is 4.57 Å². The molecule has 0 amide bonds. The normalized spacial score (nSPS) is 10.4. The number of aromatic nitrogens is 1. The number of nitrogens with zero attached hydrogens (tertiary/aromatic N) is 1. The zero-order chi connectivity index (χ0) is 10.7. The fourth-order valence-corrected chi connectivity index (χ4v) is 1.05. The van der Waals surface area contributed by atoms with Gasteiger partial charge in [0.25, 0.3) is 0 Å². The van der Waals surface area contributed by atoms with Gasteiger partial charge < -0.3 is 14.6 Å². The first-order chi connectivity index (χ1) is 6.54. The van der Waals surface area contributed by atoms with Crippen molar-refractivity contribution in [2.45, 2.75) is 13.8 Å². The third-order valence-electron chi connectivity index (χ3n) is 1.87. The molecule has 1 N–H and O–H groups in total. The van der Waals surface area contributed by atoms with E-state index in [1.807, 2.05) is 31.7 Å². The minimum absolute atomic E-state index is 0.111. The van der Waals surface area contributed by atoms with E-state index >= 15 is 0 Å². The molecule has 0 aromatic carbocycles. The summed E-state index contributed by atoms with van der Waals surface area (Å²) in [6, 6.07) is 0. The summed E-state index contributed by atoms with van der Waals surface area (Å²) in [5, 5.41) is 2.96. The van der Waals surface area contributed by atoms with Crippen LogP contribution in [0.5, 0.6) is 5.75 Å². The highest BCUT2D eigenvalue weighted by Crippen LogP contribution is 2.25. The van der Waals surface area contributed by atoms with Crippen molar-refractivity contribution in [3.05, 3.63) is 12.4 Å². The lowest BCUT2D eigenvalue weighted by Crippen LogP contribution is -2.15. The molecule has 1 rings (SSSR count). The second-order valence-corrected chi connectivity index (χ2v) is 3.53. The first-order valence-electron chi connectivity index (χ1n) is 4.60. The highest BCUT2D eigenvalue weighted by atomic mass is 16.5. The number of aryl methyl sites for hydroxylation is 1. The van der Waals surface area contributed by atoms with Gasteiger partial charge >= 0.3 is 5.97 Å². The molecule has 0 fully saturated rings. The molecule has 0 unspecified atom stereocenters. The van der Waals surface area contributed by atoms with Gasteiger partial charge in [0.2, 0.25) is 0 Å². The van der Waals surface area contributed by atoms with Crippen LogP contribution in [0.3, 0.4) is 0 Å². The number of rotatable bonds is 3. The largest absolute Gasteiger partial charge is 0.422 e. The summed E-state index contributed by atoms with van der Waals surface area (Å²) in [7, 11) is 3.68. The lowest BCUT2D eigenvalue weighted by Gasteiger charge is -2.06. The number of nitrogens with one attached hydrogen (secondary N) is 1. The highest BCUT2D eigenvalue weighted by molar-refractivity contribution is 5.76. The molecule has 0 atom stereocenters. The van der Waals surface area contributed by atoms with E-state index in [0.29, 0.717) is 5.75 Å². The van der Waals surface area contributed by atoms with Gasteiger partial charge in [-0.05, 0) is 0 Å². The van der Waals surface area contributed by atoms with Gasteiger partial charge in [-0.25, -0.2) is 0 Å². The van der Waals surface area contributed by atoms with Gasteiger partial charge in [0, 0.05) is 26.5 Å². The molecule has 1 heterocycles. The summed E-state index contributed by atoms with van der Waals surface area (Å²) >= 11 is 0. The molecule has 0 radical (unpaired) electrons. The van der Waals surface area contributed by atoms with Crippen LogP contribution in [0.4, 0.5) is 5.69 Å². The summed E-state index contributed by atoms with van der Waals surface area (Å²) in [4.78, 5) is 11.3. The Morgan fingerprint density at radius 2 is 2.14 bits per heavy atom. The molecule has 4 heteroatoms. The van der Waals surface area contributed by atoms with E-state index in [1.54, 1.807) is 13.2 Å². The van der Waals surface area contributed by atoms with Crippen LogP contribution in [0.1, 0.15) is 13.8 Å². The summed E-state index contributed by atoms with van der Waals surface area (Å²) in [6.07, 6.45) is 3.63. The molecule has 0 saturated heterocycles. The third kappa shape index (κ3) is 2.28. The monoisotopic (exact) mass is 196 g/mol. The molecule has 4 nitrogen and oxygen atoms in total. The molecule has 1 aromatic rings. The molecule has 0 aliphatic rings. The van der Waals surface area contributed by atoms with Crippen molar-refractivity contribution >= 4 is 11.7 Å². The maximum Gasteiger partial charge on any atom is 0.313 e. The van der Waals surface area contributed by atoms with E-state index in [9.17, 15) is 4.79 Å². The molecule has 0 spiro atoms. The molecule has 14 heavy (non-hydrogen) atoms. The van der Waals surface area contributed by atoms with E-state index < -0.39 is 0 Å². The molecule has 0 aliphatic heterocycles. The number of hydrogen-bond acceptors (Lipinski definition) is 3. The molecular weight excluding hydrogens is 180 g/mol. The Labute approximate surface area is 83.9 Å². The Hall–Kier alpha value is -1.45. The second kappa shape index (κ2) is 4.17. The number of anilines is 1. The van der Waals surface area contributed by atoms with E-state index in [2.05, 4.69) is 5.32 Å². The Bertz CT molecular complexity index is 329. The van der Waals surface area contributed by atoms with Crippen molar-refractivity contribution in [1.29, 1.82) is 0 Å². The van der Waals surface area contributed by atoms with Gasteiger partial charge in [-0.1, -0.05) is 13.8 Å². The molecule has 0 bridgehead atoms. The van der Waals surface area contributed by atoms with Gasteiger partial charge in [-0.2, -0.15) is 0 Å². The summed E-state index contributed by atoms with van der Waals surface area (Å²) in [6.45, 7) is 3.62. The van der Waals surface area contributed by atoms with E-state index in [4.69, 9.17) is 4.74 Å². The highest BCUT2D eigenvalue weighted by Gasteiger charge is 2.13. The second-order valence-electron chi connectivity index (χ2n) is 3.53. The topological polar surface area (TPSA) is 43.3 Å². The SMILES string of the molecule is CNc1cn(C)cc1OC(=O)C(C)C.